The number of carbonyl (C=O) groups excluding carboxylic acids is 1. The number of halogens is 3. The van der Waals surface area contributed by atoms with E-state index in [1.807, 2.05) is 0 Å². The first-order valence-electron chi connectivity index (χ1n) is 3.58. The molecule has 1 heterocycles. The van der Waals surface area contributed by atoms with E-state index in [9.17, 15) is 13.6 Å². The molecule has 0 saturated heterocycles. The number of methoxy groups -OCH3 is 1. The van der Waals surface area contributed by atoms with Gasteiger partial charge in [-0.2, -0.15) is 0 Å². The van der Waals surface area contributed by atoms with Gasteiger partial charge in [0.1, 0.15) is 3.70 Å². The van der Waals surface area contributed by atoms with Gasteiger partial charge in [-0.25, -0.2) is 18.6 Å². The highest BCUT2D eigenvalue weighted by Crippen LogP contribution is 2.26. The Morgan fingerprint density at radius 3 is 2.79 bits per heavy atom. The molecule has 0 bridgehead atoms. The highest BCUT2D eigenvalue weighted by Gasteiger charge is 2.22. The summed E-state index contributed by atoms with van der Waals surface area (Å²) in [5.41, 5.74) is -0.512. The summed E-state index contributed by atoms with van der Waals surface area (Å²) in [4.78, 5) is 14.8. The fourth-order valence-corrected chi connectivity index (χ4v) is 1.63. The Labute approximate surface area is 92.6 Å². The van der Waals surface area contributed by atoms with Crippen molar-refractivity contribution in [3.05, 3.63) is 27.1 Å². The predicted molar refractivity (Wildman–Crippen MR) is 53.3 cm³/mol. The number of ether oxygens (including phenoxy) is 1. The van der Waals surface area contributed by atoms with E-state index in [0.717, 1.165) is 7.11 Å². The van der Waals surface area contributed by atoms with Gasteiger partial charge in [-0.15, -0.1) is 0 Å². The molecule has 1 aromatic rings. The Kier molecular flexibility index (Phi) is 3.73. The summed E-state index contributed by atoms with van der Waals surface area (Å²) in [6.07, 6.45) is -1.44. The number of carbonyl (C=O) groups is 1. The topological polar surface area (TPSA) is 39.2 Å². The normalized spacial score (nSPS) is 10.4. The molecule has 3 nitrogen and oxygen atoms in total. The Morgan fingerprint density at radius 2 is 2.29 bits per heavy atom. The van der Waals surface area contributed by atoms with Crippen LogP contribution < -0.4 is 0 Å². The van der Waals surface area contributed by atoms with E-state index >= 15 is 0 Å². The van der Waals surface area contributed by atoms with Crippen LogP contribution in [0, 0.1) is 3.70 Å². The maximum atomic E-state index is 12.5. The van der Waals surface area contributed by atoms with Crippen LogP contribution in [0.25, 0.3) is 0 Å². The molecule has 0 saturated carbocycles. The number of hydrogen-bond donors (Lipinski definition) is 0. The number of aromatic nitrogens is 1. The molecule has 1 rings (SSSR count). The third-order valence-electron chi connectivity index (χ3n) is 1.57. The van der Waals surface area contributed by atoms with E-state index in [1.165, 1.54) is 12.3 Å². The van der Waals surface area contributed by atoms with Crippen molar-refractivity contribution in [2.45, 2.75) is 6.43 Å². The highest BCUT2D eigenvalue weighted by molar-refractivity contribution is 14.1. The molecule has 76 valence electrons. The maximum absolute atomic E-state index is 12.5. The molecule has 1 aromatic heterocycles. The van der Waals surface area contributed by atoms with E-state index in [1.54, 1.807) is 22.6 Å². The average Bonchev–Trinajstić information content (AvgIpc) is 2.15. The van der Waals surface area contributed by atoms with Crippen molar-refractivity contribution < 1.29 is 18.3 Å². The second-order valence-corrected chi connectivity index (χ2v) is 3.38. The molecule has 14 heavy (non-hydrogen) atoms. The summed E-state index contributed by atoms with van der Waals surface area (Å²) in [5.74, 6) is -0.777. The quantitative estimate of drug-likeness (QED) is 0.478. The Morgan fingerprint density at radius 1 is 1.64 bits per heavy atom. The maximum Gasteiger partial charge on any atom is 0.338 e. The van der Waals surface area contributed by atoms with Crippen LogP contribution in [-0.2, 0) is 4.74 Å². The molecule has 0 aliphatic carbocycles. The fraction of sp³-hybridized carbons (Fsp3) is 0.250. The summed E-state index contributed by atoms with van der Waals surface area (Å²) in [6.45, 7) is 0. The fourth-order valence-electron chi connectivity index (χ4n) is 0.943. The van der Waals surface area contributed by atoms with Crippen molar-refractivity contribution in [2.24, 2.45) is 0 Å². The number of pyridine rings is 1. The molecular formula is C8H6F2INO2. The minimum absolute atomic E-state index is 0.112. The van der Waals surface area contributed by atoms with Crippen LogP contribution in [0.3, 0.4) is 0 Å². The average molecular weight is 313 g/mol. The van der Waals surface area contributed by atoms with Gasteiger partial charge in [-0.3, -0.25) is 0 Å². The lowest BCUT2D eigenvalue weighted by molar-refractivity contribution is 0.0588. The minimum atomic E-state index is -2.73. The lowest BCUT2D eigenvalue weighted by atomic mass is 10.1. The van der Waals surface area contributed by atoms with Gasteiger partial charge in [0.15, 0.2) is 0 Å². The molecule has 0 fully saturated rings. The van der Waals surface area contributed by atoms with Crippen LogP contribution in [0.2, 0.25) is 0 Å². The number of rotatable bonds is 2. The zero-order chi connectivity index (χ0) is 10.7. The summed E-state index contributed by atoms with van der Waals surface area (Å²) >= 11 is 1.65. The number of nitrogens with zero attached hydrogens (tertiary/aromatic N) is 1. The SMILES string of the molecule is COC(=O)c1ccnc(I)c1C(F)F. The van der Waals surface area contributed by atoms with Crippen molar-refractivity contribution in [3.63, 3.8) is 0 Å². The second-order valence-electron chi connectivity index (χ2n) is 2.36. The summed E-state index contributed by atoms with van der Waals surface area (Å²) in [6, 6.07) is 1.22. The van der Waals surface area contributed by atoms with Crippen molar-refractivity contribution in [1.82, 2.24) is 4.98 Å². The summed E-state index contributed by atoms with van der Waals surface area (Å²) < 4.78 is 29.6. The predicted octanol–water partition coefficient (Wildman–Crippen LogP) is 2.41. The van der Waals surface area contributed by atoms with Gasteiger partial charge in [-0.1, -0.05) is 0 Å². The number of hydrogen-bond acceptors (Lipinski definition) is 3. The summed E-state index contributed by atoms with van der Waals surface area (Å²) in [7, 11) is 1.14. The van der Waals surface area contributed by atoms with Gasteiger partial charge < -0.3 is 4.74 Å². The molecular weight excluding hydrogens is 307 g/mol. The van der Waals surface area contributed by atoms with Gasteiger partial charge in [0.2, 0.25) is 0 Å². The van der Waals surface area contributed by atoms with Gasteiger partial charge in [0.05, 0.1) is 18.2 Å². The van der Waals surface area contributed by atoms with Crippen molar-refractivity contribution >= 4 is 28.6 Å². The van der Waals surface area contributed by atoms with Crippen LogP contribution in [-0.4, -0.2) is 18.1 Å². The second kappa shape index (κ2) is 4.63. The molecule has 0 aromatic carbocycles. The molecule has 0 spiro atoms. The van der Waals surface area contributed by atoms with E-state index in [-0.39, 0.29) is 14.8 Å². The van der Waals surface area contributed by atoms with Crippen LogP contribution in [0.1, 0.15) is 22.3 Å². The molecule has 0 amide bonds. The Hall–Kier alpha value is -0.790. The van der Waals surface area contributed by atoms with Crippen LogP contribution in [0.15, 0.2) is 12.3 Å². The molecule has 0 aliphatic rings. The zero-order valence-corrected chi connectivity index (χ0v) is 9.29. The van der Waals surface area contributed by atoms with Gasteiger partial charge >= 0.3 is 5.97 Å². The molecule has 0 unspecified atom stereocenters. The largest absolute Gasteiger partial charge is 0.465 e. The van der Waals surface area contributed by atoms with E-state index in [2.05, 4.69) is 9.72 Å². The molecule has 6 heteroatoms. The van der Waals surface area contributed by atoms with Crippen molar-refractivity contribution in [1.29, 1.82) is 0 Å². The molecule has 0 atom stereocenters. The van der Waals surface area contributed by atoms with Crippen molar-refractivity contribution in [2.75, 3.05) is 7.11 Å². The third-order valence-corrected chi connectivity index (χ3v) is 2.42. The van der Waals surface area contributed by atoms with Gasteiger partial charge in [-0.05, 0) is 28.7 Å². The molecule has 0 N–H and O–H groups in total. The first kappa shape index (κ1) is 11.3. The van der Waals surface area contributed by atoms with Gasteiger partial charge in [0, 0.05) is 6.20 Å². The lowest BCUT2D eigenvalue weighted by Gasteiger charge is -2.07. The monoisotopic (exact) mass is 313 g/mol. The number of esters is 1. The van der Waals surface area contributed by atoms with E-state index < -0.39 is 12.4 Å². The highest BCUT2D eigenvalue weighted by atomic mass is 127. The van der Waals surface area contributed by atoms with Gasteiger partial charge in [0.25, 0.3) is 6.43 Å². The Bertz CT molecular complexity index is 357. The third kappa shape index (κ3) is 2.17. The van der Waals surface area contributed by atoms with Crippen LogP contribution >= 0.6 is 22.6 Å². The van der Waals surface area contributed by atoms with E-state index in [0.29, 0.717) is 0 Å². The zero-order valence-electron chi connectivity index (χ0n) is 7.13. The molecule has 0 radical (unpaired) electrons. The first-order chi connectivity index (χ1) is 6.57. The number of alkyl halides is 2. The van der Waals surface area contributed by atoms with E-state index in [4.69, 9.17) is 0 Å². The Balaban J connectivity index is 3.28. The minimum Gasteiger partial charge on any atom is -0.465 e. The van der Waals surface area contributed by atoms with Crippen molar-refractivity contribution in [3.8, 4) is 0 Å². The lowest BCUT2D eigenvalue weighted by Crippen LogP contribution is -2.08. The standard InChI is InChI=1S/C8H6F2INO2/c1-14-8(13)4-2-3-12-7(11)5(4)6(9)10/h2-3,6H,1H3. The van der Waals surface area contributed by atoms with Crippen LogP contribution in [0.5, 0.6) is 0 Å². The first-order valence-corrected chi connectivity index (χ1v) is 4.66. The summed E-state index contributed by atoms with van der Waals surface area (Å²) in [5, 5.41) is 0. The smallest absolute Gasteiger partial charge is 0.338 e. The van der Waals surface area contributed by atoms with Crippen LogP contribution in [0.4, 0.5) is 8.78 Å². The molecule has 0 aliphatic heterocycles.